The number of hydrogen-bond donors (Lipinski definition) is 1. The van der Waals surface area contributed by atoms with E-state index in [9.17, 15) is 9.90 Å². The Morgan fingerprint density at radius 1 is 0.810 bits per heavy atom. The van der Waals surface area contributed by atoms with Crippen LogP contribution in [0.3, 0.4) is 0 Å². The third-order valence-electron chi connectivity index (χ3n) is 8.46. The van der Waals surface area contributed by atoms with E-state index in [1.165, 1.54) is 0 Å². The van der Waals surface area contributed by atoms with E-state index < -0.39 is 24.3 Å². The Kier molecular flexibility index (Phi) is 6.99. The fraction of sp³-hybridized carbons (Fsp3) is 0.265. The van der Waals surface area contributed by atoms with E-state index in [-0.39, 0.29) is 11.5 Å². The molecule has 8 heteroatoms. The number of ether oxygens (including phenoxy) is 3. The van der Waals surface area contributed by atoms with E-state index in [4.69, 9.17) is 23.5 Å². The molecule has 0 saturated carbocycles. The zero-order valence-corrected chi connectivity index (χ0v) is 24.3. The maximum absolute atomic E-state index is 12.1. The summed E-state index contributed by atoms with van der Waals surface area (Å²) in [5, 5.41) is 9.94. The molecule has 7 nitrogen and oxygen atoms in total. The summed E-state index contributed by atoms with van der Waals surface area (Å²) in [6, 6.07) is 26.4. The number of benzene rings is 4. The average molecular weight is 564 g/mol. The summed E-state index contributed by atoms with van der Waals surface area (Å²) in [5.74, 6) is 1.20. The summed E-state index contributed by atoms with van der Waals surface area (Å²) in [7, 11) is 1.19. The van der Waals surface area contributed by atoms with Crippen molar-refractivity contribution in [3.8, 4) is 23.0 Å². The molecule has 1 unspecified atom stereocenters. The molecule has 1 saturated heterocycles. The van der Waals surface area contributed by atoms with E-state index in [1.807, 2.05) is 100 Å². The zero-order valence-electron chi connectivity index (χ0n) is 24.3. The number of hydrogen-bond acceptors (Lipinski definition) is 6. The molecule has 0 aromatic heterocycles. The lowest BCUT2D eigenvalue weighted by atomic mass is 9.79. The summed E-state index contributed by atoms with van der Waals surface area (Å²) in [6.45, 7) is 8.52. The van der Waals surface area contributed by atoms with E-state index >= 15 is 0 Å². The van der Waals surface area contributed by atoms with Gasteiger partial charge in [-0.3, -0.25) is 0 Å². The molecule has 2 aliphatic heterocycles. The Morgan fingerprint density at radius 3 is 2.02 bits per heavy atom. The summed E-state index contributed by atoms with van der Waals surface area (Å²) in [5.41, 5.74) is 3.84. The molecule has 4 aromatic carbocycles. The van der Waals surface area contributed by atoms with Crippen LogP contribution in [0, 0.1) is 0 Å². The highest BCUT2D eigenvalue weighted by atomic mass is 16.7. The van der Waals surface area contributed by atoms with Crippen LogP contribution in [0.25, 0.3) is 0 Å². The number of carboxylic acid groups (broad SMARTS) is 1. The van der Waals surface area contributed by atoms with Gasteiger partial charge in [0, 0.05) is 29.2 Å². The summed E-state index contributed by atoms with van der Waals surface area (Å²) in [6.07, 6.45) is 0. The molecular formula is C34H33BO7. The van der Waals surface area contributed by atoms with Gasteiger partial charge in [0.2, 0.25) is 0 Å². The molecule has 4 aromatic rings. The molecule has 0 radical (unpaired) electrons. The zero-order chi connectivity index (χ0) is 29.6. The second kappa shape index (κ2) is 10.5. The topological polar surface area (TPSA) is 83.5 Å². The predicted molar refractivity (Wildman–Crippen MR) is 160 cm³/mol. The molecule has 0 bridgehead atoms. The Morgan fingerprint density at radius 2 is 1.40 bits per heavy atom. The third kappa shape index (κ3) is 5.01. The predicted octanol–water partition coefficient (Wildman–Crippen LogP) is 6.56. The minimum Gasteiger partial charge on any atom is -0.497 e. The molecule has 42 heavy (non-hydrogen) atoms. The smallest absolute Gasteiger partial charge is 0.494 e. The van der Waals surface area contributed by atoms with Crippen LogP contribution in [-0.4, -0.2) is 36.5 Å². The number of carboxylic acids is 1. The van der Waals surface area contributed by atoms with E-state index in [0.717, 1.165) is 22.2 Å². The fourth-order valence-corrected chi connectivity index (χ4v) is 5.38. The summed E-state index contributed by atoms with van der Waals surface area (Å²) >= 11 is 0. The standard InChI is InChI=1S/C34H33BO7/c1-33(2)34(3,4)42-35(41-33)22-12-10-21(11-13-22)20-39-24-15-17-28-30(19-24)40-29-18-23(38-5)14-16-27(29)31(28)25-8-6-7-9-26(25)32(36)37/h6-19,31H,20H2,1-5H3,(H,36,37). The van der Waals surface area contributed by atoms with Gasteiger partial charge >= 0.3 is 13.1 Å². The first kappa shape index (κ1) is 27.9. The van der Waals surface area contributed by atoms with Gasteiger partial charge in [-0.25, -0.2) is 4.79 Å². The normalized spacial score (nSPS) is 18.0. The van der Waals surface area contributed by atoms with Gasteiger partial charge in [-0.15, -0.1) is 0 Å². The van der Waals surface area contributed by atoms with E-state index in [0.29, 0.717) is 35.2 Å². The van der Waals surface area contributed by atoms with Crippen LogP contribution >= 0.6 is 0 Å². The van der Waals surface area contributed by atoms with Crippen LogP contribution in [0.2, 0.25) is 0 Å². The Bertz CT molecular complexity index is 1630. The lowest BCUT2D eigenvalue weighted by molar-refractivity contribution is 0.00578. The molecule has 214 valence electrons. The minimum atomic E-state index is -0.974. The maximum atomic E-state index is 12.1. The van der Waals surface area contributed by atoms with Crippen LogP contribution < -0.4 is 19.7 Å². The number of aromatic carboxylic acids is 1. The number of carbonyl (C=O) groups is 1. The van der Waals surface area contributed by atoms with Gasteiger partial charge in [0.1, 0.15) is 29.6 Å². The fourth-order valence-electron chi connectivity index (χ4n) is 5.38. The van der Waals surface area contributed by atoms with Crippen LogP contribution in [-0.2, 0) is 15.9 Å². The molecule has 2 aliphatic rings. The van der Waals surface area contributed by atoms with Crippen molar-refractivity contribution in [3.63, 3.8) is 0 Å². The Balaban J connectivity index is 1.25. The van der Waals surface area contributed by atoms with Crippen molar-refractivity contribution in [2.45, 2.75) is 51.4 Å². The van der Waals surface area contributed by atoms with E-state index in [2.05, 4.69) is 0 Å². The van der Waals surface area contributed by atoms with Gasteiger partial charge < -0.3 is 28.6 Å². The number of fused-ring (bicyclic) bond motifs is 2. The molecule has 0 spiro atoms. The third-order valence-corrected chi connectivity index (χ3v) is 8.46. The van der Waals surface area contributed by atoms with Crippen molar-refractivity contribution in [1.29, 1.82) is 0 Å². The molecule has 0 amide bonds. The van der Waals surface area contributed by atoms with Gasteiger partial charge in [0.15, 0.2) is 0 Å². The van der Waals surface area contributed by atoms with Gasteiger partial charge in [-0.2, -0.15) is 0 Å². The lowest BCUT2D eigenvalue weighted by Crippen LogP contribution is -2.41. The van der Waals surface area contributed by atoms with Gasteiger partial charge in [0.25, 0.3) is 0 Å². The Labute approximate surface area is 246 Å². The van der Waals surface area contributed by atoms with Gasteiger partial charge in [-0.1, -0.05) is 54.6 Å². The first-order valence-electron chi connectivity index (χ1n) is 14.0. The SMILES string of the molecule is COc1ccc2c(c1)Oc1cc(OCc3ccc(B4OC(C)(C)C(C)(C)O4)cc3)ccc1C2c1ccccc1C(=O)O. The maximum Gasteiger partial charge on any atom is 0.494 e. The highest BCUT2D eigenvalue weighted by Gasteiger charge is 2.51. The summed E-state index contributed by atoms with van der Waals surface area (Å²) < 4.78 is 30.3. The van der Waals surface area contributed by atoms with Gasteiger partial charge in [0.05, 0.1) is 23.9 Å². The van der Waals surface area contributed by atoms with Crippen LogP contribution in [0.5, 0.6) is 23.0 Å². The first-order chi connectivity index (χ1) is 20.1. The molecule has 6 rings (SSSR count). The highest BCUT2D eigenvalue weighted by molar-refractivity contribution is 6.62. The molecular weight excluding hydrogens is 531 g/mol. The van der Waals surface area contributed by atoms with Crippen molar-refractivity contribution in [3.05, 3.63) is 113 Å². The van der Waals surface area contributed by atoms with Crippen molar-refractivity contribution >= 4 is 18.6 Å². The molecule has 2 heterocycles. The Hall–Kier alpha value is -4.27. The van der Waals surface area contributed by atoms with E-state index in [1.54, 1.807) is 19.2 Å². The van der Waals surface area contributed by atoms with Crippen molar-refractivity contribution in [1.82, 2.24) is 0 Å². The van der Waals surface area contributed by atoms with Crippen LogP contribution in [0.15, 0.2) is 84.9 Å². The first-order valence-corrected chi connectivity index (χ1v) is 14.0. The molecule has 1 fully saturated rings. The largest absolute Gasteiger partial charge is 0.497 e. The van der Waals surface area contributed by atoms with Crippen molar-refractivity contribution < 1.29 is 33.4 Å². The van der Waals surface area contributed by atoms with Crippen LogP contribution in [0.1, 0.15) is 66.2 Å². The molecule has 1 atom stereocenters. The molecule has 0 aliphatic carbocycles. The minimum absolute atomic E-state index is 0.251. The number of methoxy groups -OCH3 is 1. The average Bonchev–Trinajstić information content (AvgIpc) is 3.20. The molecule has 1 N–H and O–H groups in total. The van der Waals surface area contributed by atoms with Crippen molar-refractivity contribution in [2.75, 3.05) is 7.11 Å². The van der Waals surface area contributed by atoms with Gasteiger partial charge in [-0.05, 0) is 62.5 Å². The van der Waals surface area contributed by atoms with Crippen molar-refractivity contribution in [2.24, 2.45) is 0 Å². The quantitative estimate of drug-likeness (QED) is 0.224. The summed E-state index contributed by atoms with van der Waals surface area (Å²) in [4.78, 5) is 12.1. The van der Waals surface area contributed by atoms with Crippen LogP contribution in [0.4, 0.5) is 0 Å². The highest BCUT2D eigenvalue weighted by Crippen LogP contribution is 2.50. The number of rotatable bonds is 7. The monoisotopic (exact) mass is 564 g/mol. The second-order valence-electron chi connectivity index (χ2n) is 11.6. The lowest BCUT2D eigenvalue weighted by Gasteiger charge is -2.32. The second-order valence-corrected chi connectivity index (χ2v) is 11.6.